The minimum atomic E-state index is -0.870. The van der Waals surface area contributed by atoms with Crippen molar-refractivity contribution < 1.29 is 33.3 Å². The van der Waals surface area contributed by atoms with Crippen LogP contribution in [0.4, 0.5) is 0 Å². The lowest BCUT2D eigenvalue weighted by atomic mass is 9.89. The molecule has 2 aromatic rings. The molecule has 0 N–H and O–H groups in total. The Hall–Kier alpha value is -2.87. The van der Waals surface area contributed by atoms with Gasteiger partial charge >= 0.3 is 17.9 Å². The number of carbonyl (C=O) groups is 3. The number of hydrogen-bond acceptors (Lipinski definition) is 7. The molecule has 5 atom stereocenters. The summed E-state index contributed by atoms with van der Waals surface area (Å²) < 4.78 is 24.5. The van der Waals surface area contributed by atoms with Gasteiger partial charge in [-0.1, -0.05) is 25.1 Å². The number of benzene rings is 1. The molecule has 1 aliphatic rings. The van der Waals surface area contributed by atoms with E-state index in [4.69, 9.17) is 18.9 Å². The van der Waals surface area contributed by atoms with Gasteiger partial charge in [-0.15, -0.1) is 0 Å². The first-order valence-corrected chi connectivity index (χ1v) is 9.88. The summed E-state index contributed by atoms with van der Waals surface area (Å²) in [6.45, 7) is 7.71. The van der Waals surface area contributed by atoms with Crippen LogP contribution in [0.3, 0.4) is 0 Å². The first kappa shape index (κ1) is 21.8. The van der Waals surface area contributed by atoms with Gasteiger partial charge in [0, 0.05) is 38.3 Å². The van der Waals surface area contributed by atoms with E-state index in [1.807, 2.05) is 48.9 Å². The first-order valence-electron chi connectivity index (χ1n) is 9.88. The van der Waals surface area contributed by atoms with Gasteiger partial charge in [0.25, 0.3) is 0 Å². The Balaban J connectivity index is 2.08. The summed E-state index contributed by atoms with van der Waals surface area (Å²) in [5.41, 5.74) is 1.91. The molecule has 30 heavy (non-hydrogen) atoms. The first-order chi connectivity index (χ1) is 14.2. The normalized spacial score (nSPS) is 26.2. The minimum absolute atomic E-state index is 0.00423. The average Bonchev–Trinajstić information content (AvgIpc) is 3.00. The van der Waals surface area contributed by atoms with Crippen LogP contribution < -0.4 is 0 Å². The van der Waals surface area contributed by atoms with Gasteiger partial charge in [0.15, 0.2) is 12.3 Å². The van der Waals surface area contributed by atoms with E-state index in [1.165, 1.54) is 20.8 Å². The van der Waals surface area contributed by atoms with Gasteiger partial charge in [0.1, 0.15) is 18.8 Å². The molecular formula is C22H27NO7. The van der Waals surface area contributed by atoms with E-state index in [-0.39, 0.29) is 12.5 Å². The second-order valence-electron chi connectivity index (χ2n) is 7.61. The van der Waals surface area contributed by atoms with Gasteiger partial charge < -0.3 is 23.5 Å². The summed E-state index contributed by atoms with van der Waals surface area (Å²) in [5.74, 6) is -1.82. The summed E-state index contributed by atoms with van der Waals surface area (Å²) in [5, 5.41) is 1.03. The Morgan fingerprint density at radius 2 is 1.63 bits per heavy atom. The van der Waals surface area contributed by atoms with Crippen LogP contribution in [0.5, 0.6) is 0 Å². The molecule has 0 saturated carbocycles. The average molecular weight is 417 g/mol. The third-order valence-corrected chi connectivity index (χ3v) is 5.29. The van der Waals surface area contributed by atoms with Crippen molar-refractivity contribution in [1.82, 2.24) is 4.57 Å². The molecule has 162 valence electrons. The van der Waals surface area contributed by atoms with E-state index in [0.29, 0.717) is 0 Å². The third kappa shape index (κ3) is 4.48. The summed E-state index contributed by atoms with van der Waals surface area (Å²) in [6.07, 6.45) is -1.06. The van der Waals surface area contributed by atoms with E-state index in [1.54, 1.807) is 0 Å². The van der Waals surface area contributed by atoms with Gasteiger partial charge in [-0.25, -0.2) is 0 Å². The fourth-order valence-corrected chi connectivity index (χ4v) is 3.94. The maximum atomic E-state index is 11.9. The number of ether oxygens (including phenoxy) is 4. The predicted molar refractivity (Wildman–Crippen MR) is 107 cm³/mol. The van der Waals surface area contributed by atoms with Crippen LogP contribution in [0.25, 0.3) is 10.9 Å². The SMILES string of the molecule is CC(=O)OCC1OC(n2cc(C)c3ccccc32)[C@H](OC(C)=O)C(OC(C)=O)C1C. The Bertz CT molecular complexity index is 950. The highest BCUT2D eigenvalue weighted by atomic mass is 16.6. The molecule has 2 heterocycles. The molecule has 1 fully saturated rings. The van der Waals surface area contributed by atoms with Gasteiger partial charge in [-0.3, -0.25) is 14.4 Å². The molecule has 1 saturated heterocycles. The van der Waals surface area contributed by atoms with Crippen LogP contribution in [0.15, 0.2) is 30.5 Å². The predicted octanol–water partition coefficient (Wildman–Crippen LogP) is 2.91. The maximum Gasteiger partial charge on any atom is 0.303 e. The Morgan fingerprint density at radius 3 is 2.27 bits per heavy atom. The van der Waals surface area contributed by atoms with Crippen molar-refractivity contribution in [2.75, 3.05) is 6.61 Å². The third-order valence-electron chi connectivity index (χ3n) is 5.29. The Kier molecular flexibility index (Phi) is 6.45. The molecule has 0 amide bonds. The number of rotatable bonds is 5. The smallest absolute Gasteiger partial charge is 0.303 e. The van der Waals surface area contributed by atoms with Gasteiger partial charge in [-0.05, 0) is 18.6 Å². The number of nitrogens with zero attached hydrogens (tertiary/aromatic N) is 1. The lowest BCUT2D eigenvalue weighted by molar-refractivity contribution is -0.247. The molecule has 1 aromatic heterocycles. The molecule has 8 heteroatoms. The second kappa shape index (κ2) is 8.87. The minimum Gasteiger partial charge on any atom is -0.463 e. The number of para-hydroxylation sites is 1. The van der Waals surface area contributed by atoms with Crippen molar-refractivity contribution >= 4 is 28.8 Å². The highest BCUT2D eigenvalue weighted by molar-refractivity contribution is 5.83. The number of aromatic nitrogens is 1. The van der Waals surface area contributed by atoms with Gasteiger partial charge in [-0.2, -0.15) is 0 Å². The van der Waals surface area contributed by atoms with Crippen molar-refractivity contribution in [1.29, 1.82) is 0 Å². The highest BCUT2D eigenvalue weighted by Gasteiger charge is 2.49. The Labute approximate surface area is 175 Å². The zero-order valence-electron chi connectivity index (χ0n) is 17.8. The summed E-state index contributed by atoms with van der Waals surface area (Å²) in [7, 11) is 0. The molecule has 1 aromatic carbocycles. The van der Waals surface area contributed by atoms with Crippen LogP contribution in [0, 0.1) is 12.8 Å². The number of fused-ring (bicyclic) bond motifs is 1. The van der Waals surface area contributed by atoms with Crippen LogP contribution in [0.1, 0.15) is 39.5 Å². The molecule has 0 radical (unpaired) electrons. The van der Waals surface area contributed by atoms with Crippen LogP contribution in [0.2, 0.25) is 0 Å². The molecule has 0 bridgehead atoms. The van der Waals surface area contributed by atoms with Crippen molar-refractivity contribution in [2.24, 2.45) is 5.92 Å². The van der Waals surface area contributed by atoms with Gasteiger partial charge in [0.05, 0.1) is 5.52 Å². The highest BCUT2D eigenvalue weighted by Crippen LogP contribution is 2.38. The molecule has 0 aliphatic carbocycles. The number of esters is 3. The van der Waals surface area contributed by atoms with Gasteiger partial charge in [0.2, 0.25) is 0 Å². The molecule has 1 aliphatic heterocycles. The molecule has 4 unspecified atom stereocenters. The lowest BCUT2D eigenvalue weighted by Crippen LogP contribution is -2.55. The molecule has 0 spiro atoms. The van der Waals surface area contributed by atoms with E-state index in [9.17, 15) is 14.4 Å². The number of hydrogen-bond donors (Lipinski definition) is 0. The molecule has 3 rings (SSSR count). The molecular weight excluding hydrogens is 390 g/mol. The fraction of sp³-hybridized carbons (Fsp3) is 0.500. The van der Waals surface area contributed by atoms with Crippen molar-refractivity contribution in [3.05, 3.63) is 36.0 Å². The van der Waals surface area contributed by atoms with Crippen LogP contribution >= 0.6 is 0 Å². The Morgan fingerprint density at radius 1 is 1.00 bits per heavy atom. The fourth-order valence-electron chi connectivity index (χ4n) is 3.94. The van der Waals surface area contributed by atoms with E-state index in [2.05, 4.69) is 0 Å². The summed E-state index contributed by atoms with van der Waals surface area (Å²) >= 11 is 0. The maximum absolute atomic E-state index is 11.9. The van der Waals surface area contributed by atoms with Crippen molar-refractivity contribution in [2.45, 2.75) is 59.2 Å². The summed E-state index contributed by atoms with van der Waals surface area (Å²) in [4.78, 5) is 35.1. The lowest BCUT2D eigenvalue weighted by Gasteiger charge is -2.44. The van der Waals surface area contributed by atoms with E-state index < -0.39 is 42.4 Å². The largest absolute Gasteiger partial charge is 0.463 e. The zero-order valence-corrected chi connectivity index (χ0v) is 17.8. The zero-order chi connectivity index (χ0) is 22.0. The monoisotopic (exact) mass is 417 g/mol. The van der Waals surface area contributed by atoms with Crippen LogP contribution in [-0.4, -0.2) is 47.4 Å². The van der Waals surface area contributed by atoms with E-state index in [0.717, 1.165) is 16.5 Å². The number of aryl methyl sites for hydroxylation is 1. The van der Waals surface area contributed by atoms with E-state index >= 15 is 0 Å². The standard InChI is InChI=1S/C22H27NO7/c1-12-10-23(18-9-7-6-8-17(12)18)22-21(29-16(5)26)20(28-15(4)25)13(2)19(30-22)11-27-14(3)24/h6-10,13,19-22H,11H2,1-5H3/t13?,19?,20?,21-,22?/m1/s1. The summed E-state index contributed by atoms with van der Waals surface area (Å²) in [6, 6.07) is 7.78. The number of carbonyl (C=O) groups excluding carboxylic acids is 3. The molecule has 8 nitrogen and oxygen atoms in total. The second-order valence-corrected chi connectivity index (χ2v) is 7.61. The van der Waals surface area contributed by atoms with Crippen molar-refractivity contribution in [3.8, 4) is 0 Å². The van der Waals surface area contributed by atoms with Crippen molar-refractivity contribution in [3.63, 3.8) is 0 Å². The quantitative estimate of drug-likeness (QED) is 0.545. The van der Waals surface area contributed by atoms with Crippen LogP contribution in [-0.2, 0) is 33.3 Å². The topological polar surface area (TPSA) is 93.1 Å².